The van der Waals surface area contributed by atoms with Crippen LogP contribution < -0.4 is 14.8 Å². The van der Waals surface area contributed by atoms with E-state index in [0.29, 0.717) is 23.7 Å². The van der Waals surface area contributed by atoms with Crippen LogP contribution in [0.3, 0.4) is 0 Å². The van der Waals surface area contributed by atoms with E-state index in [2.05, 4.69) is 31.2 Å². The first-order chi connectivity index (χ1) is 16.5. The van der Waals surface area contributed by atoms with E-state index >= 15 is 0 Å². The molecule has 2 heterocycles. The summed E-state index contributed by atoms with van der Waals surface area (Å²) in [6.45, 7) is 6.22. The molecule has 0 saturated carbocycles. The Hall–Kier alpha value is -3.33. The van der Waals surface area contributed by atoms with Crippen molar-refractivity contribution in [1.82, 2.24) is 9.78 Å². The lowest BCUT2D eigenvalue weighted by Crippen LogP contribution is -2.23. The number of anilines is 1. The molecule has 8 nitrogen and oxygen atoms in total. The van der Waals surface area contributed by atoms with Crippen LogP contribution in [0.2, 0.25) is 0 Å². The number of benzene rings is 2. The van der Waals surface area contributed by atoms with Crippen LogP contribution >= 0.6 is 0 Å². The smallest absolute Gasteiger partial charge is 0.263 e. The molecular weight excluding hydrogens is 466 g/mol. The molecule has 3 aromatic rings. The lowest BCUT2D eigenvalue weighted by molar-refractivity contribution is -0.118. The quantitative estimate of drug-likeness (QED) is 0.524. The van der Waals surface area contributed by atoms with Gasteiger partial charge in [-0.15, -0.1) is 0 Å². The predicted molar refractivity (Wildman–Crippen MR) is 136 cm³/mol. The van der Waals surface area contributed by atoms with Crippen molar-refractivity contribution in [1.29, 1.82) is 0 Å². The van der Waals surface area contributed by atoms with Crippen LogP contribution in [-0.4, -0.2) is 49.3 Å². The van der Waals surface area contributed by atoms with Gasteiger partial charge in [-0.3, -0.25) is 4.79 Å². The van der Waals surface area contributed by atoms with Crippen LogP contribution in [0.1, 0.15) is 38.8 Å². The number of amides is 1. The topological polar surface area (TPSA) is 99.5 Å². The molecule has 1 fully saturated rings. The van der Waals surface area contributed by atoms with E-state index in [1.54, 1.807) is 17.9 Å². The third-order valence-electron chi connectivity index (χ3n) is 6.03. The van der Waals surface area contributed by atoms with Crippen molar-refractivity contribution in [2.45, 2.75) is 38.6 Å². The summed E-state index contributed by atoms with van der Waals surface area (Å²) in [7, 11) is -1.53. The van der Waals surface area contributed by atoms with Gasteiger partial charge in [-0.2, -0.15) is 5.10 Å². The van der Waals surface area contributed by atoms with Gasteiger partial charge in [0, 0.05) is 11.6 Å². The summed E-state index contributed by atoms with van der Waals surface area (Å²) in [5, 5.41) is 7.49. The molecule has 4 rings (SSSR count). The van der Waals surface area contributed by atoms with Crippen molar-refractivity contribution in [2.24, 2.45) is 0 Å². The largest absolute Gasteiger partial charge is 0.497 e. The molecular formula is C26H31N3O5S. The Morgan fingerprint density at radius 3 is 2.31 bits per heavy atom. The lowest BCUT2D eigenvalue weighted by atomic mass is 9.87. The van der Waals surface area contributed by atoms with Crippen molar-refractivity contribution in [3.05, 3.63) is 60.2 Å². The number of methoxy groups -OCH3 is 1. The zero-order valence-electron chi connectivity index (χ0n) is 20.4. The molecule has 1 aromatic heterocycles. The fourth-order valence-electron chi connectivity index (χ4n) is 4.02. The Morgan fingerprint density at radius 2 is 1.74 bits per heavy atom. The van der Waals surface area contributed by atoms with Gasteiger partial charge in [0.2, 0.25) is 0 Å². The lowest BCUT2D eigenvalue weighted by Gasteiger charge is -2.19. The number of nitrogens with zero attached hydrogens (tertiary/aromatic N) is 2. The molecule has 186 valence electrons. The van der Waals surface area contributed by atoms with E-state index in [0.717, 1.165) is 11.3 Å². The average molecular weight is 498 g/mol. The number of nitrogens with one attached hydrogen (secondary N) is 1. The van der Waals surface area contributed by atoms with E-state index in [4.69, 9.17) is 9.47 Å². The maximum Gasteiger partial charge on any atom is 0.263 e. The molecule has 1 aliphatic rings. The monoisotopic (exact) mass is 497 g/mol. The van der Waals surface area contributed by atoms with Crippen LogP contribution in [0, 0.1) is 0 Å². The second-order valence-corrected chi connectivity index (χ2v) is 12.0. The normalized spacial score (nSPS) is 17.2. The minimum absolute atomic E-state index is 0.00374. The summed E-state index contributed by atoms with van der Waals surface area (Å²) in [6.07, 6.45) is 0.450. The maximum absolute atomic E-state index is 12.7. The van der Waals surface area contributed by atoms with Crippen molar-refractivity contribution in [3.8, 4) is 22.8 Å². The Labute approximate surface area is 206 Å². The van der Waals surface area contributed by atoms with Crippen LogP contribution in [0.4, 0.5) is 5.82 Å². The highest BCUT2D eigenvalue weighted by molar-refractivity contribution is 7.91. The van der Waals surface area contributed by atoms with Crippen molar-refractivity contribution in [3.63, 3.8) is 0 Å². The maximum atomic E-state index is 12.7. The fourth-order valence-corrected chi connectivity index (χ4v) is 5.71. The summed E-state index contributed by atoms with van der Waals surface area (Å²) in [5.74, 6) is 1.51. The number of aromatic nitrogens is 2. The zero-order valence-corrected chi connectivity index (χ0v) is 21.3. The predicted octanol–water partition coefficient (Wildman–Crippen LogP) is 4.23. The first-order valence-corrected chi connectivity index (χ1v) is 13.3. The summed E-state index contributed by atoms with van der Waals surface area (Å²) in [6, 6.07) is 16.5. The highest BCUT2D eigenvalue weighted by atomic mass is 32.2. The summed E-state index contributed by atoms with van der Waals surface area (Å²) < 4.78 is 36.7. The highest BCUT2D eigenvalue weighted by Crippen LogP contribution is 2.31. The molecule has 0 spiro atoms. The van der Waals surface area contributed by atoms with Crippen LogP contribution in [0.5, 0.6) is 11.5 Å². The Kier molecular flexibility index (Phi) is 6.89. The van der Waals surface area contributed by atoms with Gasteiger partial charge in [0.1, 0.15) is 17.3 Å². The molecule has 0 radical (unpaired) electrons. The molecule has 1 atom stereocenters. The minimum Gasteiger partial charge on any atom is -0.497 e. The van der Waals surface area contributed by atoms with E-state index in [-0.39, 0.29) is 35.5 Å². The third-order valence-corrected chi connectivity index (χ3v) is 7.78. The number of carbonyl (C=O) groups is 1. The molecule has 35 heavy (non-hydrogen) atoms. The highest BCUT2D eigenvalue weighted by Gasteiger charge is 2.32. The Bertz CT molecular complexity index is 1290. The van der Waals surface area contributed by atoms with Crippen LogP contribution in [0.15, 0.2) is 54.6 Å². The molecule has 1 amide bonds. The van der Waals surface area contributed by atoms with Crippen molar-refractivity contribution in [2.75, 3.05) is 30.5 Å². The molecule has 1 N–H and O–H groups in total. The van der Waals surface area contributed by atoms with E-state index in [1.165, 1.54) is 5.56 Å². The van der Waals surface area contributed by atoms with Gasteiger partial charge in [-0.25, -0.2) is 13.1 Å². The van der Waals surface area contributed by atoms with Crippen molar-refractivity contribution >= 4 is 21.6 Å². The van der Waals surface area contributed by atoms with Crippen LogP contribution in [-0.2, 0) is 20.0 Å². The Balaban J connectivity index is 1.50. The van der Waals surface area contributed by atoms with E-state index < -0.39 is 9.84 Å². The SMILES string of the molecule is COc1ccc(-c2cc(NC(=O)COc3ccc(C(C)(C)C)cc3)n([C@H]3CCS(=O)(=O)C3)n2)cc1. The van der Waals surface area contributed by atoms with E-state index in [1.807, 2.05) is 48.5 Å². The molecule has 2 aromatic carbocycles. The second kappa shape index (κ2) is 9.73. The fraction of sp³-hybridized carbons (Fsp3) is 0.385. The Morgan fingerprint density at radius 1 is 1.09 bits per heavy atom. The van der Waals surface area contributed by atoms with Gasteiger partial charge in [-0.1, -0.05) is 32.9 Å². The van der Waals surface area contributed by atoms with E-state index in [9.17, 15) is 13.2 Å². The number of hydrogen-bond donors (Lipinski definition) is 1. The average Bonchev–Trinajstić information content (AvgIpc) is 3.40. The van der Waals surface area contributed by atoms with Gasteiger partial charge in [0.25, 0.3) is 5.91 Å². The number of ether oxygens (including phenoxy) is 2. The molecule has 1 aliphatic heterocycles. The molecule has 9 heteroatoms. The number of rotatable bonds is 7. The molecule has 0 unspecified atom stereocenters. The van der Waals surface area contributed by atoms with Crippen LogP contribution in [0.25, 0.3) is 11.3 Å². The first kappa shape index (κ1) is 24.8. The van der Waals surface area contributed by atoms with Gasteiger partial charge < -0.3 is 14.8 Å². The second-order valence-electron chi connectivity index (χ2n) is 9.76. The zero-order chi connectivity index (χ0) is 25.2. The molecule has 1 saturated heterocycles. The molecule has 0 aliphatic carbocycles. The van der Waals surface area contributed by atoms with Crippen molar-refractivity contribution < 1.29 is 22.7 Å². The number of sulfone groups is 1. The minimum atomic E-state index is -3.13. The first-order valence-electron chi connectivity index (χ1n) is 11.5. The standard InChI is InChI=1S/C26H31N3O5S/c1-26(2,3)19-7-11-22(12-8-19)34-16-25(30)27-24-15-23(18-5-9-21(33-4)10-6-18)28-29(24)20-13-14-35(31,32)17-20/h5-12,15,20H,13-14,16-17H2,1-4H3,(H,27,30)/t20-/m0/s1. The van der Waals surface area contributed by atoms with Gasteiger partial charge >= 0.3 is 0 Å². The summed E-state index contributed by atoms with van der Waals surface area (Å²) >= 11 is 0. The number of carbonyl (C=O) groups excluding carboxylic acids is 1. The van der Waals surface area contributed by atoms with Gasteiger partial charge in [0.15, 0.2) is 16.4 Å². The number of hydrogen-bond acceptors (Lipinski definition) is 6. The third kappa shape index (κ3) is 6.03. The molecule has 0 bridgehead atoms. The summed E-state index contributed by atoms with van der Waals surface area (Å²) in [4.78, 5) is 12.7. The van der Waals surface area contributed by atoms with Gasteiger partial charge in [-0.05, 0) is 53.8 Å². The van der Waals surface area contributed by atoms with Gasteiger partial charge in [0.05, 0.1) is 30.4 Å². The summed E-state index contributed by atoms with van der Waals surface area (Å²) in [5.41, 5.74) is 2.67.